The van der Waals surface area contributed by atoms with Gasteiger partial charge in [0.1, 0.15) is 5.75 Å². The van der Waals surface area contributed by atoms with Gasteiger partial charge in [-0.05, 0) is 42.3 Å². The second kappa shape index (κ2) is 6.32. The van der Waals surface area contributed by atoms with Crippen LogP contribution >= 0.6 is 12.2 Å². The normalized spacial score (nSPS) is 17.4. The summed E-state index contributed by atoms with van der Waals surface area (Å²) in [6, 6.07) is 7.79. The molecular formula is C17H19N3OS. The number of para-hydroxylation sites is 1. The monoisotopic (exact) mass is 313 g/mol. The standard InChI is InChI=1S/C17H19N3OS/c1-12-7-3-4-8-13(12)11-20-17(22)18-16(19-20)14-9-5-6-10-15(14)21-2/h3-6,8-10,12H,7,11H2,1-2H3,(H,18,19,22). The molecule has 0 saturated carbocycles. The van der Waals surface area contributed by atoms with Gasteiger partial charge in [0.15, 0.2) is 5.82 Å². The largest absolute Gasteiger partial charge is 0.496 e. The molecule has 1 N–H and O–H groups in total. The summed E-state index contributed by atoms with van der Waals surface area (Å²) in [6.45, 7) is 2.98. The molecule has 1 aliphatic carbocycles. The summed E-state index contributed by atoms with van der Waals surface area (Å²) in [6.07, 6.45) is 7.54. The Hall–Kier alpha value is -2.14. The van der Waals surface area contributed by atoms with Gasteiger partial charge in [0.05, 0.1) is 19.2 Å². The van der Waals surface area contributed by atoms with Crippen LogP contribution in [0.15, 0.2) is 48.1 Å². The van der Waals surface area contributed by atoms with E-state index in [0.717, 1.165) is 30.1 Å². The number of allylic oxidation sites excluding steroid dienone is 4. The Morgan fingerprint density at radius 3 is 3.00 bits per heavy atom. The summed E-state index contributed by atoms with van der Waals surface area (Å²) in [5, 5.41) is 3.30. The van der Waals surface area contributed by atoms with E-state index in [0.29, 0.717) is 10.7 Å². The van der Waals surface area contributed by atoms with Crippen LogP contribution in [0.25, 0.3) is 11.4 Å². The molecule has 1 aromatic carbocycles. The minimum atomic E-state index is 0.532. The lowest BCUT2D eigenvalue weighted by molar-refractivity contribution is 0.416. The molecule has 0 fully saturated rings. The number of nitrogens with zero attached hydrogens (tertiary/aromatic N) is 2. The Morgan fingerprint density at radius 2 is 2.23 bits per heavy atom. The van der Waals surface area contributed by atoms with Gasteiger partial charge < -0.3 is 4.74 Å². The molecular weight excluding hydrogens is 294 g/mol. The van der Waals surface area contributed by atoms with Crippen molar-refractivity contribution >= 4 is 12.2 Å². The van der Waals surface area contributed by atoms with Crippen LogP contribution in [-0.2, 0) is 6.54 Å². The number of methoxy groups -OCH3 is 1. The SMILES string of the molecule is COc1ccccc1-c1nc(=S)n(CC2=CC=CCC2C)[nH]1. The van der Waals surface area contributed by atoms with Gasteiger partial charge in [0, 0.05) is 0 Å². The van der Waals surface area contributed by atoms with E-state index in [1.54, 1.807) is 7.11 Å². The molecule has 5 heteroatoms. The van der Waals surface area contributed by atoms with Crippen molar-refractivity contribution in [3.05, 3.63) is 52.8 Å². The number of aromatic nitrogens is 3. The van der Waals surface area contributed by atoms with Crippen molar-refractivity contribution in [3.63, 3.8) is 0 Å². The number of ether oxygens (including phenoxy) is 1. The minimum absolute atomic E-state index is 0.532. The minimum Gasteiger partial charge on any atom is -0.496 e. The average molecular weight is 313 g/mol. The Labute approximate surface area is 135 Å². The Balaban J connectivity index is 1.93. The van der Waals surface area contributed by atoms with Crippen molar-refractivity contribution in [1.82, 2.24) is 14.8 Å². The van der Waals surface area contributed by atoms with Gasteiger partial charge in [-0.2, -0.15) is 4.98 Å². The molecule has 0 bridgehead atoms. The molecule has 22 heavy (non-hydrogen) atoms. The summed E-state index contributed by atoms with van der Waals surface area (Å²) in [5.41, 5.74) is 2.27. The quantitative estimate of drug-likeness (QED) is 0.863. The molecule has 2 aromatic rings. The molecule has 1 atom stereocenters. The van der Waals surface area contributed by atoms with Crippen LogP contribution in [0.5, 0.6) is 5.75 Å². The number of hydrogen-bond acceptors (Lipinski definition) is 3. The van der Waals surface area contributed by atoms with E-state index in [2.05, 4.69) is 35.2 Å². The van der Waals surface area contributed by atoms with Crippen LogP contribution < -0.4 is 4.74 Å². The zero-order valence-corrected chi connectivity index (χ0v) is 13.6. The van der Waals surface area contributed by atoms with E-state index < -0.39 is 0 Å². The highest BCUT2D eigenvalue weighted by Gasteiger charge is 2.14. The van der Waals surface area contributed by atoms with Crippen LogP contribution in [0.4, 0.5) is 0 Å². The van der Waals surface area contributed by atoms with Gasteiger partial charge in [-0.25, -0.2) is 0 Å². The lowest BCUT2D eigenvalue weighted by atomic mass is 9.93. The third kappa shape index (κ3) is 2.90. The summed E-state index contributed by atoms with van der Waals surface area (Å²) >= 11 is 5.39. The van der Waals surface area contributed by atoms with Crippen LogP contribution in [-0.4, -0.2) is 21.9 Å². The van der Waals surface area contributed by atoms with Gasteiger partial charge in [0.2, 0.25) is 4.77 Å². The van der Waals surface area contributed by atoms with E-state index in [1.165, 1.54) is 5.57 Å². The Bertz CT molecular complexity index is 785. The molecule has 0 aliphatic heterocycles. The number of benzene rings is 1. The van der Waals surface area contributed by atoms with Crippen LogP contribution in [0.3, 0.4) is 0 Å². The maximum Gasteiger partial charge on any atom is 0.216 e. The van der Waals surface area contributed by atoms with E-state index in [9.17, 15) is 0 Å². The molecule has 0 amide bonds. The molecule has 0 spiro atoms. The Kier molecular flexibility index (Phi) is 4.24. The lowest BCUT2D eigenvalue weighted by Gasteiger charge is -2.17. The first-order valence-corrected chi connectivity index (χ1v) is 7.75. The van der Waals surface area contributed by atoms with E-state index in [4.69, 9.17) is 17.0 Å². The smallest absolute Gasteiger partial charge is 0.216 e. The van der Waals surface area contributed by atoms with E-state index in [1.807, 2.05) is 28.9 Å². The van der Waals surface area contributed by atoms with Gasteiger partial charge in [-0.15, -0.1) is 0 Å². The van der Waals surface area contributed by atoms with Crippen LogP contribution in [0.1, 0.15) is 13.3 Å². The molecule has 114 valence electrons. The first kappa shape index (κ1) is 14.8. The van der Waals surface area contributed by atoms with Crippen molar-refractivity contribution in [2.45, 2.75) is 19.9 Å². The fourth-order valence-electron chi connectivity index (χ4n) is 2.61. The molecule has 4 nitrogen and oxygen atoms in total. The first-order valence-electron chi connectivity index (χ1n) is 7.35. The number of hydrogen-bond donors (Lipinski definition) is 1. The predicted octanol–water partition coefficient (Wildman–Crippen LogP) is 4.14. The topological polar surface area (TPSA) is 42.8 Å². The number of nitrogens with one attached hydrogen (secondary N) is 1. The maximum absolute atomic E-state index is 5.39. The van der Waals surface area contributed by atoms with Crippen molar-refractivity contribution in [3.8, 4) is 17.1 Å². The fourth-order valence-corrected chi connectivity index (χ4v) is 2.81. The summed E-state index contributed by atoms with van der Waals surface area (Å²) < 4.78 is 7.87. The van der Waals surface area contributed by atoms with Gasteiger partial charge in [-0.3, -0.25) is 9.78 Å². The molecule has 1 aromatic heterocycles. The lowest BCUT2D eigenvalue weighted by Crippen LogP contribution is -2.10. The highest BCUT2D eigenvalue weighted by molar-refractivity contribution is 7.71. The highest BCUT2D eigenvalue weighted by atomic mass is 32.1. The molecule has 1 aliphatic rings. The van der Waals surface area contributed by atoms with E-state index >= 15 is 0 Å². The van der Waals surface area contributed by atoms with Gasteiger partial charge >= 0.3 is 0 Å². The van der Waals surface area contributed by atoms with Crippen molar-refractivity contribution in [2.24, 2.45) is 5.92 Å². The zero-order chi connectivity index (χ0) is 15.5. The third-order valence-corrected chi connectivity index (χ3v) is 4.26. The second-order valence-corrected chi connectivity index (χ2v) is 5.81. The fraction of sp³-hybridized carbons (Fsp3) is 0.294. The molecule has 1 unspecified atom stereocenters. The van der Waals surface area contributed by atoms with Crippen molar-refractivity contribution < 1.29 is 4.74 Å². The number of rotatable bonds is 4. The van der Waals surface area contributed by atoms with Crippen LogP contribution in [0.2, 0.25) is 0 Å². The second-order valence-electron chi connectivity index (χ2n) is 5.45. The Morgan fingerprint density at radius 1 is 1.41 bits per heavy atom. The zero-order valence-electron chi connectivity index (χ0n) is 12.7. The molecule has 1 heterocycles. The van der Waals surface area contributed by atoms with Gasteiger partial charge in [0.25, 0.3) is 0 Å². The third-order valence-electron chi connectivity index (χ3n) is 3.95. The maximum atomic E-state index is 5.39. The number of H-pyrrole nitrogens is 1. The summed E-state index contributed by atoms with van der Waals surface area (Å²) in [4.78, 5) is 4.48. The molecule has 0 radical (unpaired) electrons. The van der Waals surface area contributed by atoms with Gasteiger partial charge in [-0.1, -0.05) is 37.3 Å². The van der Waals surface area contributed by atoms with E-state index in [-0.39, 0.29) is 0 Å². The average Bonchev–Trinajstić information content (AvgIpc) is 2.90. The number of aromatic amines is 1. The predicted molar refractivity (Wildman–Crippen MR) is 90.4 cm³/mol. The van der Waals surface area contributed by atoms with Crippen molar-refractivity contribution in [2.75, 3.05) is 7.11 Å². The molecule has 0 saturated heterocycles. The first-order chi connectivity index (χ1) is 10.7. The van der Waals surface area contributed by atoms with Crippen molar-refractivity contribution in [1.29, 1.82) is 0 Å². The van der Waals surface area contributed by atoms with Crippen LogP contribution in [0, 0.1) is 10.7 Å². The highest BCUT2D eigenvalue weighted by Crippen LogP contribution is 2.27. The molecule has 3 rings (SSSR count). The summed E-state index contributed by atoms with van der Waals surface area (Å²) in [5.74, 6) is 2.05. The summed E-state index contributed by atoms with van der Waals surface area (Å²) in [7, 11) is 1.66.